The van der Waals surface area contributed by atoms with E-state index in [-0.39, 0.29) is 18.4 Å². The molecule has 1 N–H and O–H groups in total. The number of hydrogen-bond donors (Lipinski definition) is 1. The first-order valence-corrected chi connectivity index (χ1v) is 3.81. The van der Waals surface area contributed by atoms with Crippen LogP contribution in [0.25, 0.3) is 0 Å². The minimum Gasteiger partial charge on any atom is -0.349 e. The zero-order chi connectivity index (χ0) is 8.85. The molecule has 0 aliphatic carbocycles. The molecule has 1 amide bonds. The number of rotatable bonds is 4. The van der Waals surface area contributed by atoms with E-state index < -0.39 is 0 Å². The molecule has 3 nitrogen and oxygen atoms in total. The van der Waals surface area contributed by atoms with Gasteiger partial charge in [-0.1, -0.05) is 20.8 Å². The van der Waals surface area contributed by atoms with Crippen molar-refractivity contribution in [3.05, 3.63) is 0 Å². The molecule has 0 aliphatic heterocycles. The largest absolute Gasteiger partial charge is 0.349 e. The van der Waals surface area contributed by atoms with Crippen LogP contribution in [0.3, 0.4) is 0 Å². The molecule has 0 spiro atoms. The molecule has 0 saturated carbocycles. The first-order valence-electron chi connectivity index (χ1n) is 3.81. The Balaban J connectivity index is 3.73. The van der Waals surface area contributed by atoms with Gasteiger partial charge in [-0.3, -0.25) is 4.79 Å². The number of hydrogen-bond acceptors (Lipinski definition) is 2. The van der Waals surface area contributed by atoms with E-state index in [4.69, 9.17) is 0 Å². The lowest BCUT2D eigenvalue weighted by Gasteiger charge is -2.13. The average Bonchev–Trinajstić information content (AvgIpc) is 1.98. The predicted octanol–water partition coefficient (Wildman–Crippen LogP) is 0.594. The molecule has 0 bridgehead atoms. The Hall–Kier alpha value is -0.860. The Bertz CT molecular complexity index is 143. The highest BCUT2D eigenvalue weighted by Gasteiger charge is 2.15. The van der Waals surface area contributed by atoms with Gasteiger partial charge in [0.2, 0.25) is 5.91 Å². The van der Waals surface area contributed by atoms with Gasteiger partial charge in [0.05, 0.1) is 6.54 Å². The lowest BCUT2D eigenvalue weighted by atomic mass is 9.97. The molecular weight excluding hydrogens is 142 g/mol. The first-order chi connectivity index (χ1) is 5.09. The SMILES string of the molecule is CC(C)[C@H](C)C(=O)NCC=O. The van der Waals surface area contributed by atoms with Crippen molar-refractivity contribution in [2.45, 2.75) is 20.8 Å². The van der Waals surface area contributed by atoms with Crippen molar-refractivity contribution in [3.8, 4) is 0 Å². The van der Waals surface area contributed by atoms with Gasteiger partial charge in [-0.15, -0.1) is 0 Å². The number of carbonyl (C=O) groups is 2. The van der Waals surface area contributed by atoms with E-state index in [1.807, 2.05) is 20.8 Å². The second kappa shape index (κ2) is 4.88. The van der Waals surface area contributed by atoms with Crippen LogP contribution in [0.4, 0.5) is 0 Å². The fraction of sp³-hybridized carbons (Fsp3) is 0.750. The van der Waals surface area contributed by atoms with Crippen molar-refractivity contribution in [2.75, 3.05) is 6.54 Å². The Morgan fingerprint density at radius 2 is 2.00 bits per heavy atom. The monoisotopic (exact) mass is 157 g/mol. The molecule has 64 valence electrons. The highest BCUT2D eigenvalue weighted by Crippen LogP contribution is 2.08. The zero-order valence-corrected chi connectivity index (χ0v) is 7.26. The van der Waals surface area contributed by atoms with E-state index in [0.29, 0.717) is 12.2 Å². The van der Waals surface area contributed by atoms with E-state index in [2.05, 4.69) is 5.32 Å². The summed E-state index contributed by atoms with van der Waals surface area (Å²) in [7, 11) is 0. The molecule has 0 unspecified atom stereocenters. The molecule has 0 heterocycles. The first kappa shape index (κ1) is 10.1. The van der Waals surface area contributed by atoms with Crippen LogP contribution >= 0.6 is 0 Å². The van der Waals surface area contributed by atoms with Gasteiger partial charge in [-0.05, 0) is 5.92 Å². The van der Waals surface area contributed by atoms with Gasteiger partial charge in [0.1, 0.15) is 6.29 Å². The summed E-state index contributed by atoms with van der Waals surface area (Å²) in [5, 5.41) is 2.51. The van der Waals surface area contributed by atoms with Crippen molar-refractivity contribution < 1.29 is 9.59 Å². The van der Waals surface area contributed by atoms with Crippen LogP contribution in [0.1, 0.15) is 20.8 Å². The van der Waals surface area contributed by atoms with Crippen LogP contribution in [0.15, 0.2) is 0 Å². The van der Waals surface area contributed by atoms with Crippen molar-refractivity contribution in [2.24, 2.45) is 11.8 Å². The summed E-state index contributed by atoms with van der Waals surface area (Å²) in [6.07, 6.45) is 0.685. The summed E-state index contributed by atoms with van der Waals surface area (Å²) in [4.78, 5) is 21.0. The van der Waals surface area contributed by atoms with Crippen LogP contribution in [0.2, 0.25) is 0 Å². The lowest BCUT2D eigenvalue weighted by molar-refractivity contribution is -0.126. The number of nitrogens with one attached hydrogen (secondary N) is 1. The topological polar surface area (TPSA) is 46.2 Å². The smallest absolute Gasteiger partial charge is 0.223 e. The lowest BCUT2D eigenvalue weighted by Crippen LogP contribution is -2.32. The number of amides is 1. The standard InChI is InChI=1S/C8H15NO2/c1-6(2)7(3)8(11)9-4-5-10/h5-7H,4H2,1-3H3,(H,9,11)/t7-/m0/s1. The van der Waals surface area contributed by atoms with Gasteiger partial charge in [0, 0.05) is 5.92 Å². The predicted molar refractivity (Wildman–Crippen MR) is 43.1 cm³/mol. The molecule has 0 aliphatic rings. The average molecular weight is 157 g/mol. The van der Waals surface area contributed by atoms with Crippen molar-refractivity contribution >= 4 is 12.2 Å². The fourth-order valence-electron chi connectivity index (χ4n) is 0.606. The summed E-state index contributed by atoms with van der Waals surface area (Å²) < 4.78 is 0. The van der Waals surface area contributed by atoms with Gasteiger partial charge in [0.25, 0.3) is 0 Å². The van der Waals surface area contributed by atoms with Gasteiger partial charge in [-0.2, -0.15) is 0 Å². The van der Waals surface area contributed by atoms with Crippen LogP contribution in [-0.2, 0) is 9.59 Å². The molecule has 0 fully saturated rings. The maximum atomic E-state index is 11.1. The van der Waals surface area contributed by atoms with E-state index in [1.165, 1.54) is 0 Å². The second-order valence-corrected chi connectivity index (χ2v) is 2.94. The zero-order valence-electron chi connectivity index (χ0n) is 7.26. The van der Waals surface area contributed by atoms with Crippen molar-refractivity contribution in [1.82, 2.24) is 5.32 Å². The quantitative estimate of drug-likeness (QED) is 0.607. The normalized spacial score (nSPS) is 12.7. The van der Waals surface area contributed by atoms with Gasteiger partial charge in [-0.25, -0.2) is 0 Å². The van der Waals surface area contributed by atoms with Crippen LogP contribution in [-0.4, -0.2) is 18.7 Å². The summed E-state index contributed by atoms with van der Waals surface area (Å²) in [5.41, 5.74) is 0. The molecule has 0 aromatic carbocycles. The molecule has 0 rings (SSSR count). The van der Waals surface area contributed by atoms with Crippen molar-refractivity contribution in [1.29, 1.82) is 0 Å². The van der Waals surface area contributed by atoms with Crippen LogP contribution in [0, 0.1) is 11.8 Å². The summed E-state index contributed by atoms with van der Waals surface area (Å²) >= 11 is 0. The van der Waals surface area contributed by atoms with Crippen LogP contribution in [0.5, 0.6) is 0 Å². The molecule has 1 atom stereocenters. The minimum absolute atomic E-state index is 0.0186. The molecule has 11 heavy (non-hydrogen) atoms. The Morgan fingerprint density at radius 1 is 1.45 bits per heavy atom. The van der Waals surface area contributed by atoms with E-state index >= 15 is 0 Å². The number of aldehydes is 1. The number of carbonyl (C=O) groups excluding carboxylic acids is 2. The maximum Gasteiger partial charge on any atom is 0.223 e. The Morgan fingerprint density at radius 3 is 2.36 bits per heavy atom. The minimum atomic E-state index is -0.0490. The fourth-order valence-corrected chi connectivity index (χ4v) is 0.606. The molecule has 3 heteroatoms. The third-order valence-electron chi connectivity index (χ3n) is 1.77. The highest BCUT2D eigenvalue weighted by atomic mass is 16.2. The summed E-state index contributed by atoms with van der Waals surface area (Å²) in [6.45, 7) is 5.93. The molecule has 0 aromatic rings. The summed E-state index contributed by atoms with van der Waals surface area (Å²) in [5.74, 6) is 0.253. The summed E-state index contributed by atoms with van der Waals surface area (Å²) in [6, 6.07) is 0. The third-order valence-corrected chi connectivity index (χ3v) is 1.77. The van der Waals surface area contributed by atoms with E-state index in [9.17, 15) is 9.59 Å². The molecular formula is C8H15NO2. The maximum absolute atomic E-state index is 11.1. The van der Waals surface area contributed by atoms with E-state index in [0.717, 1.165) is 0 Å². The highest BCUT2D eigenvalue weighted by molar-refractivity contribution is 5.80. The Kier molecular flexibility index (Phi) is 4.50. The molecule has 0 aromatic heterocycles. The second-order valence-electron chi connectivity index (χ2n) is 2.94. The molecule has 0 radical (unpaired) electrons. The third kappa shape index (κ3) is 3.75. The Labute approximate surface area is 67.2 Å². The van der Waals surface area contributed by atoms with Gasteiger partial charge in [0.15, 0.2) is 0 Å². The van der Waals surface area contributed by atoms with Crippen molar-refractivity contribution in [3.63, 3.8) is 0 Å². The molecule has 0 saturated heterocycles. The van der Waals surface area contributed by atoms with Gasteiger partial charge >= 0.3 is 0 Å². The van der Waals surface area contributed by atoms with Crippen LogP contribution < -0.4 is 5.32 Å². The van der Waals surface area contributed by atoms with Gasteiger partial charge < -0.3 is 10.1 Å². The van der Waals surface area contributed by atoms with E-state index in [1.54, 1.807) is 0 Å².